The van der Waals surface area contributed by atoms with Crippen LogP contribution in [0.25, 0.3) is 0 Å². The number of H-pyrrole nitrogens is 1. The fourth-order valence-electron chi connectivity index (χ4n) is 0.278. The van der Waals surface area contributed by atoms with E-state index in [1.54, 1.807) is 0 Å². The summed E-state index contributed by atoms with van der Waals surface area (Å²) in [6.07, 6.45) is 4.50. The van der Waals surface area contributed by atoms with Gasteiger partial charge in [0.15, 0.2) is 0 Å². The fraction of sp³-hybridized carbons (Fsp3) is 0. The molecule has 0 unspecified atom stereocenters. The standard InChI is InChI=1S/C4H5N.CHNO/c1-2-4-5-3-1;2-1-3/h1-5H;3H. The first kappa shape index (κ1) is 6.57. The van der Waals surface area contributed by atoms with Gasteiger partial charge in [-0.25, -0.2) is 0 Å². The number of nitrogens with one attached hydrogen (secondary N) is 1. The van der Waals surface area contributed by atoms with Crippen molar-refractivity contribution >= 4 is 0 Å². The van der Waals surface area contributed by atoms with Crippen LogP contribution < -0.4 is 0 Å². The van der Waals surface area contributed by atoms with Crippen LogP contribution in [-0.4, -0.2) is 10.1 Å². The Bertz CT molecular complexity index is 123. The van der Waals surface area contributed by atoms with Crippen LogP contribution in [0.15, 0.2) is 24.5 Å². The molecule has 1 rings (SSSR count). The van der Waals surface area contributed by atoms with Crippen LogP contribution >= 0.6 is 0 Å². The monoisotopic (exact) mass is 110 g/mol. The van der Waals surface area contributed by atoms with Crippen molar-refractivity contribution in [3.05, 3.63) is 24.5 Å². The van der Waals surface area contributed by atoms with E-state index in [4.69, 9.17) is 10.4 Å². The Hall–Kier alpha value is -1.43. The van der Waals surface area contributed by atoms with Crippen molar-refractivity contribution in [1.82, 2.24) is 4.98 Å². The zero-order valence-electron chi connectivity index (χ0n) is 4.20. The second kappa shape index (κ2) is 5.57. The minimum atomic E-state index is 0.750. The van der Waals surface area contributed by atoms with E-state index in [2.05, 4.69) is 4.98 Å². The highest BCUT2D eigenvalue weighted by atomic mass is 16.2. The van der Waals surface area contributed by atoms with Crippen molar-refractivity contribution in [1.29, 1.82) is 5.26 Å². The second-order valence-electron chi connectivity index (χ2n) is 0.985. The van der Waals surface area contributed by atoms with Gasteiger partial charge in [0.05, 0.1) is 0 Å². The topological polar surface area (TPSA) is 59.8 Å². The van der Waals surface area contributed by atoms with E-state index in [-0.39, 0.29) is 0 Å². The first-order valence-electron chi connectivity index (χ1n) is 2.02. The molecule has 1 aromatic rings. The molecule has 0 radical (unpaired) electrons. The van der Waals surface area contributed by atoms with Crippen LogP contribution in [0, 0.1) is 11.5 Å². The lowest BCUT2D eigenvalue weighted by Gasteiger charge is -1.49. The van der Waals surface area contributed by atoms with Gasteiger partial charge in [0.2, 0.25) is 0 Å². The molecular weight excluding hydrogens is 104 g/mol. The average Bonchev–Trinajstić information content (AvgIpc) is 2.17. The summed E-state index contributed by atoms with van der Waals surface area (Å²) in [6, 6.07) is 3.89. The van der Waals surface area contributed by atoms with E-state index in [1.807, 2.05) is 24.5 Å². The molecule has 3 nitrogen and oxygen atoms in total. The third kappa shape index (κ3) is 4.57. The lowest BCUT2D eigenvalue weighted by atomic mass is 10.7. The van der Waals surface area contributed by atoms with Crippen molar-refractivity contribution in [2.45, 2.75) is 0 Å². The SMILES string of the molecule is N#CO.c1cc[nH]c1. The molecule has 0 fully saturated rings. The maximum atomic E-state index is 6.88. The summed E-state index contributed by atoms with van der Waals surface area (Å²) in [4.78, 5) is 2.86. The highest BCUT2D eigenvalue weighted by molar-refractivity contribution is 4.84. The quantitative estimate of drug-likeness (QED) is 0.486. The van der Waals surface area contributed by atoms with Crippen molar-refractivity contribution in [2.24, 2.45) is 0 Å². The first-order chi connectivity index (χ1) is 3.91. The van der Waals surface area contributed by atoms with Gasteiger partial charge >= 0.3 is 0 Å². The maximum absolute atomic E-state index is 6.88. The third-order valence-corrected chi connectivity index (χ3v) is 0.496. The minimum absolute atomic E-state index is 0.750. The fourth-order valence-corrected chi connectivity index (χ4v) is 0.278. The number of aromatic amines is 1. The molecule has 8 heavy (non-hydrogen) atoms. The second-order valence-corrected chi connectivity index (χ2v) is 0.985. The van der Waals surface area contributed by atoms with Crippen LogP contribution in [0.4, 0.5) is 0 Å². The number of aromatic nitrogens is 1. The molecule has 42 valence electrons. The highest BCUT2D eigenvalue weighted by Gasteiger charge is 1.55. The number of nitrogens with zero attached hydrogens (tertiary/aromatic N) is 1. The smallest absolute Gasteiger partial charge is 0.283 e. The van der Waals surface area contributed by atoms with Gasteiger partial charge in [0.25, 0.3) is 6.26 Å². The van der Waals surface area contributed by atoms with E-state index in [9.17, 15) is 0 Å². The number of aliphatic hydroxyl groups is 1. The molecule has 0 aliphatic rings. The van der Waals surface area contributed by atoms with Crippen molar-refractivity contribution in [3.63, 3.8) is 0 Å². The zero-order chi connectivity index (χ0) is 6.24. The van der Waals surface area contributed by atoms with E-state index in [0.717, 1.165) is 6.26 Å². The number of hydrogen-bond donors (Lipinski definition) is 2. The van der Waals surface area contributed by atoms with E-state index in [0.29, 0.717) is 0 Å². The summed E-state index contributed by atoms with van der Waals surface area (Å²) in [7, 11) is 0. The van der Waals surface area contributed by atoms with Gasteiger partial charge in [0.1, 0.15) is 0 Å². The molecule has 1 heterocycles. The van der Waals surface area contributed by atoms with Gasteiger partial charge in [-0.1, -0.05) is 0 Å². The summed E-state index contributed by atoms with van der Waals surface area (Å²) in [6.45, 7) is 0. The molecule has 0 saturated heterocycles. The van der Waals surface area contributed by atoms with E-state index < -0.39 is 0 Å². The Labute approximate surface area is 47.2 Å². The van der Waals surface area contributed by atoms with Crippen LogP contribution in [-0.2, 0) is 0 Å². The Kier molecular flexibility index (Phi) is 4.57. The van der Waals surface area contributed by atoms with Crippen LogP contribution in [0.5, 0.6) is 0 Å². The van der Waals surface area contributed by atoms with Crippen molar-refractivity contribution < 1.29 is 5.11 Å². The molecule has 0 bridgehead atoms. The van der Waals surface area contributed by atoms with E-state index in [1.165, 1.54) is 0 Å². The third-order valence-electron chi connectivity index (χ3n) is 0.496. The van der Waals surface area contributed by atoms with Crippen LogP contribution in [0.1, 0.15) is 0 Å². The summed E-state index contributed by atoms with van der Waals surface area (Å²) in [5.74, 6) is 0. The molecule has 0 aliphatic heterocycles. The number of aliphatic hydroxyl groups excluding tert-OH is 1. The summed E-state index contributed by atoms with van der Waals surface area (Å²) in [5, 5.41) is 13.8. The zero-order valence-corrected chi connectivity index (χ0v) is 4.20. The largest absolute Gasteiger partial charge is 0.443 e. The molecule has 0 aliphatic carbocycles. The summed E-state index contributed by atoms with van der Waals surface area (Å²) in [5.41, 5.74) is 0. The minimum Gasteiger partial charge on any atom is -0.443 e. The first-order valence-corrected chi connectivity index (χ1v) is 2.02. The molecule has 1 aromatic heterocycles. The lowest BCUT2D eigenvalue weighted by Crippen LogP contribution is -1.38. The van der Waals surface area contributed by atoms with Crippen molar-refractivity contribution in [2.75, 3.05) is 0 Å². The molecule has 0 saturated carbocycles. The van der Waals surface area contributed by atoms with Crippen LogP contribution in [0.2, 0.25) is 0 Å². The normalized spacial score (nSPS) is 5.88. The summed E-state index contributed by atoms with van der Waals surface area (Å²) < 4.78 is 0. The average molecular weight is 110 g/mol. The molecule has 3 heteroatoms. The van der Waals surface area contributed by atoms with Gasteiger partial charge in [0, 0.05) is 12.4 Å². The Balaban J connectivity index is 0.000000145. The Morgan fingerprint density at radius 2 is 1.75 bits per heavy atom. The van der Waals surface area contributed by atoms with Crippen molar-refractivity contribution in [3.8, 4) is 6.26 Å². The maximum Gasteiger partial charge on any atom is 0.283 e. The van der Waals surface area contributed by atoms with Gasteiger partial charge in [-0.3, -0.25) is 0 Å². The number of nitriles is 1. The predicted molar refractivity (Wildman–Crippen MR) is 28.3 cm³/mol. The molecule has 2 N–H and O–H groups in total. The number of rotatable bonds is 0. The van der Waals surface area contributed by atoms with Crippen LogP contribution in [0.3, 0.4) is 0 Å². The van der Waals surface area contributed by atoms with Gasteiger partial charge < -0.3 is 10.1 Å². The molecule has 0 amide bonds. The molecule has 0 aromatic carbocycles. The predicted octanol–water partition coefficient (Wildman–Crippen LogP) is 0.855. The molecular formula is C5H6N2O. The molecule has 0 atom stereocenters. The van der Waals surface area contributed by atoms with Gasteiger partial charge in [-0.2, -0.15) is 5.26 Å². The number of hydrogen-bond acceptors (Lipinski definition) is 2. The van der Waals surface area contributed by atoms with E-state index >= 15 is 0 Å². The lowest BCUT2D eigenvalue weighted by molar-refractivity contribution is 0.503. The van der Waals surface area contributed by atoms with Gasteiger partial charge in [-0.15, -0.1) is 0 Å². The highest BCUT2D eigenvalue weighted by Crippen LogP contribution is 1.72. The van der Waals surface area contributed by atoms with Gasteiger partial charge in [-0.05, 0) is 12.1 Å². The Morgan fingerprint density at radius 3 is 1.88 bits per heavy atom. The summed E-state index contributed by atoms with van der Waals surface area (Å²) >= 11 is 0. The molecule has 0 spiro atoms. The Morgan fingerprint density at radius 1 is 1.38 bits per heavy atom.